The number of thioether (sulfide) groups is 1. The smallest absolute Gasteiger partial charge is 0.303 e. The van der Waals surface area contributed by atoms with Crippen molar-refractivity contribution in [1.29, 1.82) is 0 Å². The van der Waals surface area contributed by atoms with Gasteiger partial charge < -0.3 is 5.11 Å². The van der Waals surface area contributed by atoms with Crippen LogP contribution in [-0.4, -0.2) is 17.3 Å². The van der Waals surface area contributed by atoms with Gasteiger partial charge >= 0.3 is 5.97 Å². The van der Waals surface area contributed by atoms with Crippen molar-refractivity contribution in [2.75, 3.05) is 6.26 Å². The van der Waals surface area contributed by atoms with Crippen molar-refractivity contribution in [3.63, 3.8) is 0 Å². The highest BCUT2D eigenvalue weighted by Crippen LogP contribution is 2.46. The molecule has 1 unspecified atom stereocenters. The molecule has 0 aromatic heterocycles. The van der Waals surface area contributed by atoms with Gasteiger partial charge in [0.2, 0.25) is 0 Å². The average molecular weight is 250 g/mol. The fourth-order valence-corrected chi connectivity index (χ4v) is 3.10. The molecule has 1 aromatic carbocycles. The summed E-state index contributed by atoms with van der Waals surface area (Å²) in [7, 11) is 0. The molecule has 0 spiro atoms. The molecule has 1 fully saturated rings. The van der Waals surface area contributed by atoms with Crippen LogP contribution >= 0.6 is 11.8 Å². The van der Waals surface area contributed by atoms with Crippen LogP contribution in [0.25, 0.3) is 0 Å². The Morgan fingerprint density at radius 1 is 1.53 bits per heavy atom. The van der Waals surface area contributed by atoms with Crippen molar-refractivity contribution in [3.8, 4) is 0 Å². The zero-order valence-corrected chi connectivity index (χ0v) is 11.1. The molecule has 1 aliphatic carbocycles. The maximum atomic E-state index is 11.0. The number of hydrogen-bond acceptors (Lipinski definition) is 2. The van der Waals surface area contributed by atoms with Crippen molar-refractivity contribution in [1.82, 2.24) is 0 Å². The maximum absolute atomic E-state index is 11.0. The van der Waals surface area contributed by atoms with Gasteiger partial charge in [-0.25, -0.2) is 0 Å². The van der Waals surface area contributed by atoms with Crippen LogP contribution in [0.3, 0.4) is 0 Å². The molecule has 1 N–H and O–H groups in total. The van der Waals surface area contributed by atoms with Crippen molar-refractivity contribution < 1.29 is 9.90 Å². The van der Waals surface area contributed by atoms with Crippen LogP contribution in [0.15, 0.2) is 23.1 Å². The third kappa shape index (κ3) is 3.03. The second-order valence-corrected chi connectivity index (χ2v) is 5.64. The molecule has 0 heterocycles. The topological polar surface area (TPSA) is 37.3 Å². The number of benzene rings is 1. The minimum absolute atomic E-state index is 0.204. The number of aryl methyl sites for hydroxylation is 1. The van der Waals surface area contributed by atoms with Crippen molar-refractivity contribution in [3.05, 3.63) is 29.3 Å². The predicted octanol–water partition coefficient (Wildman–Crippen LogP) is 3.69. The summed E-state index contributed by atoms with van der Waals surface area (Å²) >= 11 is 1.72. The molecule has 2 rings (SSSR count). The highest BCUT2D eigenvalue weighted by molar-refractivity contribution is 7.98. The summed E-state index contributed by atoms with van der Waals surface area (Å²) in [5, 5.41) is 9.03. The summed E-state index contributed by atoms with van der Waals surface area (Å²) < 4.78 is 0. The van der Waals surface area contributed by atoms with E-state index in [0.717, 1.165) is 0 Å². The summed E-state index contributed by atoms with van der Waals surface area (Å²) in [6.07, 6.45) is 4.68. The lowest BCUT2D eigenvalue weighted by molar-refractivity contribution is -0.137. The lowest BCUT2D eigenvalue weighted by atomic mass is 9.90. The highest BCUT2D eigenvalue weighted by Gasteiger charge is 2.34. The number of carboxylic acid groups (broad SMARTS) is 1. The molecule has 0 amide bonds. The van der Waals surface area contributed by atoms with Crippen LogP contribution in [0.5, 0.6) is 0 Å². The molecule has 0 bridgehead atoms. The standard InChI is InChI=1S/C14H18O2S/c1-9-3-6-11(13(7-9)17-2)12(8-14(15)16)10-4-5-10/h3,6-7,10,12H,4-5,8H2,1-2H3,(H,15,16). The lowest BCUT2D eigenvalue weighted by Crippen LogP contribution is -2.09. The van der Waals surface area contributed by atoms with E-state index in [2.05, 4.69) is 31.4 Å². The van der Waals surface area contributed by atoms with Crippen LogP contribution in [0.1, 0.15) is 36.3 Å². The summed E-state index contributed by atoms with van der Waals surface area (Å²) in [6.45, 7) is 2.08. The SMILES string of the molecule is CSc1cc(C)ccc1C(CC(=O)O)C1CC1. The molecule has 17 heavy (non-hydrogen) atoms. The first-order chi connectivity index (χ1) is 8.11. The van der Waals surface area contributed by atoms with Gasteiger partial charge in [-0.1, -0.05) is 17.7 Å². The molecular formula is C14H18O2S. The van der Waals surface area contributed by atoms with Crippen LogP contribution in [0.4, 0.5) is 0 Å². The largest absolute Gasteiger partial charge is 0.481 e. The van der Waals surface area contributed by atoms with E-state index in [1.165, 1.54) is 28.9 Å². The van der Waals surface area contributed by atoms with E-state index in [1.807, 2.05) is 0 Å². The normalized spacial score (nSPS) is 16.8. The van der Waals surface area contributed by atoms with Crippen molar-refractivity contribution in [2.45, 2.75) is 37.0 Å². The highest BCUT2D eigenvalue weighted by atomic mass is 32.2. The first-order valence-electron chi connectivity index (χ1n) is 5.98. The Bertz CT molecular complexity index is 424. The van der Waals surface area contributed by atoms with E-state index in [0.29, 0.717) is 5.92 Å². The Kier molecular flexibility index (Phi) is 3.77. The van der Waals surface area contributed by atoms with E-state index in [9.17, 15) is 4.79 Å². The second kappa shape index (κ2) is 5.13. The molecule has 3 heteroatoms. The van der Waals surface area contributed by atoms with Crippen molar-refractivity contribution in [2.24, 2.45) is 5.92 Å². The van der Waals surface area contributed by atoms with Gasteiger partial charge in [0, 0.05) is 4.90 Å². The van der Waals surface area contributed by atoms with Gasteiger partial charge in [0.15, 0.2) is 0 Å². The quantitative estimate of drug-likeness (QED) is 0.810. The Morgan fingerprint density at radius 2 is 2.24 bits per heavy atom. The first kappa shape index (κ1) is 12.5. The van der Waals surface area contributed by atoms with Crippen LogP contribution in [0, 0.1) is 12.8 Å². The number of carbonyl (C=O) groups is 1. The van der Waals surface area contributed by atoms with E-state index in [-0.39, 0.29) is 12.3 Å². The van der Waals surface area contributed by atoms with E-state index >= 15 is 0 Å². The van der Waals surface area contributed by atoms with Gasteiger partial charge in [0.25, 0.3) is 0 Å². The van der Waals surface area contributed by atoms with Crippen LogP contribution in [-0.2, 0) is 4.79 Å². The predicted molar refractivity (Wildman–Crippen MR) is 70.7 cm³/mol. The van der Waals surface area contributed by atoms with E-state index in [1.54, 1.807) is 11.8 Å². The number of rotatable bonds is 5. The zero-order valence-electron chi connectivity index (χ0n) is 10.3. The molecule has 0 saturated heterocycles. The summed E-state index contributed by atoms with van der Waals surface area (Å²) in [5.74, 6) is 0.102. The molecule has 1 saturated carbocycles. The monoisotopic (exact) mass is 250 g/mol. The fourth-order valence-electron chi connectivity index (χ4n) is 2.34. The van der Waals surface area contributed by atoms with E-state index in [4.69, 9.17) is 5.11 Å². The zero-order chi connectivity index (χ0) is 12.4. The van der Waals surface area contributed by atoms with Gasteiger partial charge in [-0.15, -0.1) is 11.8 Å². The van der Waals surface area contributed by atoms with E-state index < -0.39 is 5.97 Å². The Morgan fingerprint density at radius 3 is 2.76 bits per heavy atom. The molecule has 1 atom stereocenters. The number of aliphatic carboxylic acids is 1. The molecule has 1 aliphatic rings. The van der Waals surface area contributed by atoms with Crippen LogP contribution in [0.2, 0.25) is 0 Å². The Labute approximate surface area is 106 Å². The second-order valence-electron chi connectivity index (χ2n) is 4.79. The van der Waals surface area contributed by atoms with Gasteiger partial charge in [0.1, 0.15) is 0 Å². The van der Waals surface area contributed by atoms with Crippen LogP contribution < -0.4 is 0 Å². The summed E-state index contributed by atoms with van der Waals surface area (Å²) in [4.78, 5) is 12.2. The van der Waals surface area contributed by atoms with Gasteiger partial charge in [-0.05, 0) is 49.5 Å². The van der Waals surface area contributed by atoms with Gasteiger partial charge in [-0.2, -0.15) is 0 Å². The first-order valence-corrected chi connectivity index (χ1v) is 7.20. The third-order valence-corrected chi connectivity index (χ3v) is 4.17. The third-order valence-electron chi connectivity index (χ3n) is 3.37. The lowest BCUT2D eigenvalue weighted by Gasteiger charge is -2.18. The summed E-state index contributed by atoms with van der Waals surface area (Å²) in [6, 6.07) is 6.37. The fraction of sp³-hybridized carbons (Fsp3) is 0.500. The van der Waals surface area contributed by atoms with Gasteiger partial charge in [0.05, 0.1) is 6.42 Å². The average Bonchev–Trinajstić information content (AvgIpc) is 3.09. The molecule has 0 aliphatic heterocycles. The number of hydrogen-bond donors (Lipinski definition) is 1. The molecule has 0 radical (unpaired) electrons. The minimum Gasteiger partial charge on any atom is -0.481 e. The molecular weight excluding hydrogens is 232 g/mol. The van der Waals surface area contributed by atoms with Gasteiger partial charge in [-0.3, -0.25) is 4.79 Å². The summed E-state index contributed by atoms with van der Waals surface area (Å²) in [5.41, 5.74) is 2.47. The minimum atomic E-state index is -0.686. The molecule has 92 valence electrons. The number of carboxylic acids is 1. The Hall–Kier alpha value is -0.960. The van der Waals surface area contributed by atoms with Crippen molar-refractivity contribution >= 4 is 17.7 Å². The Balaban J connectivity index is 2.31. The molecule has 1 aromatic rings. The maximum Gasteiger partial charge on any atom is 0.303 e. The molecule has 2 nitrogen and oxygen atoms in total.